The molecule has 0 unspecified atom stereocenters. The number of hydrogen-bond donors (Lipinski definition) is 1. The van der Waals surface area contributed by atoms with Crippen LogP contribution in [-0.2, 0) is 9.53 Å². The molecule has 0 saturated heterocycles. The average Bonchev–Trinajstić information content (AvgIpc) is 2.74. The van der Waals surface area contributed by atoms with Gasteiger partial charge < -0.3 is 9.84 Å². The van der Waals surface area contributed by atoms with Gasteiger partial charge in [-0.1, -0.05) is 0 Å². The summed E-state index contributed by atoms with van der Waals surface area (Å²) in [5, 5.41) is 9.87. The summed E-state index contributed by atoms with van der Waals surface area (Å²) in [7, 11) is 0. The van der Waals surface area contributed by atoms with Crippen molar-refractivity contribution in [2.75, 3.05) is 6.61 Å². The molecule has 3 aliphatic carbocycles. The van der Waals surface area contributed by atoms with Crippen LogP contribution in [0.25, 0.3) is 0 Å². The smallest absolute Gasteiger partial charge is 0.334 e. The topological polar surface area (TPSA) is 46.5 Å². The predicted octanol–water partition coefficient (Wildman–Crippen LogP) is 1.90. The molecule has 0 aromatic rings. The summed E-state index contributed by atoms with van der Waals surface area (Å²) < 4.78 is 5.13. The average molecular weight is 236 g/mol. The molecule has 0 aliphatic heterocycles. The second-order valence-electron chi connectivity index (χ2n) is 5.65. The van der Waals surface area contributed by atoms with Gasteiger partial charge in [-0.15, -0.1) is 0 Å². The molecular formula is C14H20O3. The largest absolute Gasteiger partial charge is 0.463 e. The highest BCUT2D eigenvalue weighted by Gasteiger charge is 2.59. The van der Waals surface area contributed by atoms with Gasteiger partial charge in [-0.25, -0.2) is 4.79 Å². The van der Waals surface area contributed by atoms with Crippen LogP contribution in [0.4, 0.5) is 0 Å². The quantitative estimate of drug-likeness (QED) is 0.761. The van der Waals surface area contributed by atoms with E-state index < -0.39 is 6.10 Å². The molecule has 3 heteroatoms. The minimum Gasteiger partial charge on any atom is -0.463 e. The van der Waals surface area contributed by atoms with Crippen LogP contribution in [0.3, 0.4) is 0 Å². The maximum atomic E-state index is 12.0. The second-order valence-corrected chi connectivity index (χ2v) is 5.65. The summed E-state index contributed by atoms with van der Waals surface area (Å²) in [6, 6.07) is 0. The van der Waals surface area contributed by atoms with E-state index in [2.05, 4.69) is 0 Å². The summed E-state index contributed by atoms with van der Waals surface area (Å²) in [4.78, 5) is 12.0. The normalized spacial score (nSPS) is 39.9. The van der Waals surface area contributed by atoms with Crippen molar-refractivity contribution in [3.05, 3.63) is 11.1 Å². The maximum Gasteiger partial charge on any atom is 0.334 e. The highest BCUT2D eigenvalue weighted by atomic mass is 16.5. The number of aliphatic hydroxyl groups is 1. The fraction of sp³-hybridized carbons (Fsp3) is 0.786. The third-order valence-electron chi connectivity index (χ3n) is 4.87. The van der Waals surface area contributed by atoms with Crippen LogP contribution >= 0.6 is 0 Å². The van der Waals surface area contributed by atoms with Crippen molar-refractivity contribution in [2.45, 2.75) is 39.2 Å². The molecule has 0 amide bonds. The number of carbonyl (C=O) groups excluding carboxylic acids is 1. The van der Waals surface area contributed by atoms with Gasteiger partial charge in [-0.3, -0.25) is 0 Å². The van der Waals surface area contributed by atoms with Crippen molar-refractivity contribution < 1.29 is 14.6 Å². The van der Waals surface area contributed by atoms with E-state index in [9.17, 15) is 9.90 Å². The molecule has 5 atom stereocenters. The molecular weight excluding hydrogens is 216 g/mol. The molecule has 94 valence electrons. The van der Waals surface area contributed by atoms with E-state index in [1.165, 1.54) is 19.3 Å². The first kappa shape index (κ1) is 11.3. The summed E-state index contributed by atoms with van der Waals surface area (Å²) in [5.41, 5.74) is 1.81. The van der Waals surface area contributed by atoms with E-state index in [0.717, 1.165) is 11.1 Å². The minimum absolute atomic E-state index is 0.183. The number of ether oxygens (including phenoxy) is 1. The van der Waals surface area contributed by atoms with Gasteiger partial charge in [-0.2, -0.15) is 0 Å². The van der Waals surface area contributed by atoms with Crippen molar-refractivity contribution in [2.24, 2.45) is 23.7 Å². The predicted molar refractivity (Wildman–Crippen MR) is 63.2 cm³/mol. The van der Waals surface area contributed by atoms with Crippen LogP contribution in [0.15, 0.2) is 11.1 Å². The Morgan fingerprint density at radius 3 is 2.65 bits per heavy atom. The summed E-state index contributed by atoms with van der Waals surface area (Å²) >= 11 is 0. The number of rotatable bonds is 3. The Labute approximate surface area is 102 Å². The van der Waals surface area contributed by atoms with Gasteiger partial charge in [0.15, 0.2) is 0 Å². The molecule has 3 aliphatic rings. The molecule has 3 nitrogen and oxygen atoms in total. The minimum atomic E-state index is -0.491. The van der Waals surface area contributed by atoms with Gasteiger partial charge in [0.05, 0.1) is 12.7 Å². The number of esters is 1. The van der Waals surface area contributed by atoms with E-state index in [-0.39, 0.29) is 5.97 Å². The van der Waals surface area contributed by atoms with Gasteiger partial charge in [0.25, 0.3) is 0 Å². The summed E-state index contributed by atoms with van der Waals surface area (Å²) in [6.07, 6.45) is 3.28. The monoisotopic (exact) mass is 236 g/mol. The summed E-state index contributed by atoms with van der Waals surface area (Å²) in [5.74, 6) is 2.09. The van der Waals surface area contributed by atoms with Gasteiger partial charge >= 0.3 is 5.97 Å². The Balaban J connectivity index is 1.93. The molecule has 2 bridgehead atoms. The fourth-order valence-electron chi connectivity index (χ4n) is 4.40. The van der Waals surface area contributed by atoms with Gasteiger partial charge in [0.2, 0.25) is 0 Å². The molecule has 0 radical (unpaired) electrons. The zero-order chi connectivity index (χ0) is 12.2. The van der Waals surface area contributed by atoms with Crippen LogP contribution < -0.4 is 0 Å². The van der Waals surface area contributed by atoms with Crippen LogP contribution in [0, 0.1) is 23.7 Å². The highest BCUT2D eigenvalue weighted by molar-refractivity contribution is 5.93. The maximum absolute atomic E-state index is 12.0. The molecule has 3 rings (SSSR count). The standard InChI is InChI=1S/C14H20O3/c1-3-17-14(16)13-10(7(2)15)11-8-4-5-9(6-8)12(11)13/h7-9,11-12,15H,3-6H2,1-2H3/t7-,8+,9-,11+,12+/m0/s1. The molecule has 0 spiro atoms. The van der Waals surface area contributed by atoms with Crippen LogP contribution in [-0.4, -0.2) is 23.8 Å². The molecule has 2 saturated carbocycles. The van der Waals surface area contributed by atoms with E-state index in [4.69, 9.17) is 4.74 Å². The van der Waals surface area contributed by atoms with Crippen molar-refractivity contribution in [3.8, 4) is 0 Å². The lowest BCUT2D eigenvalue weighted by atomic mass is 9.60. The lowest BCUT2D eigenvalue weighted by Gasteiger charge is -2.44. The Hall–Kier alpha value is -0.830. The SMILES string of the molecule is CCOC(=O)C1=C([C@H](C)O)[C@H]2[C@@H]3CC[C@@H](C3)[C@@H]12. The Bertz CT molecular complexity index is 383. The molecule has 0 aromatic carbocycles. The van der Waals surface area contributed by atoms with Crippen molar-refractivity contribution in [1.82, 2.24) is 0 Å². The number of aliphatic hydroxyl groups excluding tert-OH is 1. The third-order valence-corrected chi connectivity index (χ3v) is 4.87. The zero-order valence-electron chi connectivity index (χ0n) is 10.5. The van der Waals surface area contributed by atoms with E-state index >= 15 is 0 Å². The first-order chi connectivity index (χ1) is 8.15. The zero-order valence-corrected chi connectivity index (χ0v) is 10.5. The number of fused-ring (bicyclic) bond motifs is 5. The lowest BCUT2D eigenvalue weighted by Crippen LogP contribution is -2.43. The Kier molecular flexibility index (Phi) is 2.54. The van der Waals surface area contributed by atoms with Crippen LogP contribution in [0.1, 0.15) is 33.1 Å². The second kappa shape index (κ2) is 3.84. The Morgan fingerprint density at radius 2 is 2.06 bits per heavy atom. The van der Waals surface area contributed by atoms with Crippen LogP contribution in [0.2, 0.25) is 0 Å². The van der Waals surface area contributed by atoms with Crippen molar-refractivity contribution in [1.29, 1.82) is 0 Å². The van der Waals surface area contributed by atoms with E-state index in [1.807, 2.05) is 6.92 Å². The molecule has 0 aromatic heterocycles. The van der Waals surface area contributed by atoms with Gasteiger partial charge in [0, 0.05) is 11.5 Å². The van der Waals surface area contributed by atoms with Crippen molar-refractivity contribution in [3.63, 3.8) is 0 Å². The van der Waals surface area contributed by atoms with E-state index in [1.54, 1.807) is 6.92 Å². The van der Waals surface area contributed by atoms with Gasteiger partial charge in [-0.05, 0) is 56.4 Å². The molecule has 2 fully saturated rings. The fourth-order valence-corrected chi connectivity index (χ4v) is 4.40. The van der Waals surface area contributed by atoms with Gasteiger partial charge in [0.1, 0.15) is 0 Å². The molecule has 0 heterocycles. The van der Waals surface area contributed by atoms with Crippen molar-refractivity contribution >= 4 is 5.97 Å². The van der Waals surface area contributed by atoms with E-state index in [0.29, 0.717) is 30.3 Å². The number of hydrogen-bond acceptors (Lipinski definition) is 3. The van der Waals surface area contributed by atoms with Crippen LogP contribution in [0.5, 0.6) is 0 Å². The first-order valence-corrected chi connectivity index (χ1v) is 6.74. The molecule has 1 N–H and O–H groups in total. The third kappa shape index (κ3) is 1.41. The number of carbonyl (C=O) groups is 1. The molecule has 17 heavy (non-hydrogen) atoms. The first-order valence-electron chi connectivity index (χ1n) is 6.74. The Morgan fingerprint density at radius 1 is 1.41 bits per heavy atom. The highest BCUT2D eigenvalue weighted by Crippen LogP contribution is 2.64. The summed E-state index contributed by atoms with van der Waals surface area (Å²) in [6.45, 7) is 4.02. The lowest BCUT2D eigenvalue weighted by molar-refractivity contribution is -0.140.